The van der Waals surface area contributed by atoms with E-state index in [9.17, 15) is 23.6 Å². The molecule has 12 heteroatoms. The quantitative estimate of drug-likeness (QED) is 0.273. The first-order valence-corrected chi connectivity index (χ1v) is 18.7. The van der Waals surface area contributed by atoms with Crippen molar-refractivity contribution >= 4 is 19.1 Å². The fourth-order valence-corrected chi connectivity index (χ4v) is 9.90. The molecule has 0 aromatic heterocycles. The van der Waals surface area contributed by atoms with Gasteiger partial charge in [0.1, 0.15) is 12.5 Å². The van der Waals surface area contributed by atoms with Crippen molar-refractivity contribution in [2.24, 2.45) is 29.1 Å². The molecule has 2 bridgehead atoms. The largest absolute Gasteiger partial charge is 0.482 e. The predicted molar refractivity (Wildman–Crippen MR) is 186 cm³/mol. The van der Waals surface area contributed by atoms with Crippen LogP contribution in [0.2, 0.25) is 0 Å². The Balaban J connectivity index is 1.06. The zero-order chi connectivity index (χ0) is 36.1. The molecule has 3 saturated heterocycles. The molecule has 1 aromatic rings. The Morgan fingerprint density at radius 3 is 2.50 bits per heavy atom. The Kier molecular flexibility index (Phi) is 10.4. The summed E-state index contributed by atoms with van der Waals surface area (Å²) in [5.74, 6) is -3.56. The van der Waals surface area contributed by atoms with Crippen LogP contribution >= 0.6 is 0 Å². The number of carbonyl (C=O) groups is 2. The van der Waals surface area contributed by atoms with Gasteiger partial charge >= 0.3 is 13.2 Å². The summed E-state index contributed by atoms with van der Waals surface area (Å²) in [6.45, 7) is 13.8. The van der Waals surface area contributed by atoms with Crippen molar-refractivity contribution in [1.29, 1.82) is 5.26 Å². The highest BCUT2D eigenvalue weighted by Gasteiger charge is 2.68. The molecule has 6 aliphatic rings. The van der Waals surface area contributed by atoms with Crippen LogP contribution in [0.3, 0.4) is 0 Å². The van der Waals surface area contributed by atoms with Crippen LogP contribution in [0.15, 0.2) is 30.3 Å². The molecule has 1 aromatic carbocycles. The van der Waals surface area contributed by atoms with E-state index in [0.717, 1.165) is 24.8 Å². The molecule has 50 heavy (non-hydrogen) atoms. The molecule has 2 unspecified atom stereocenters. The van der Waals surface area contributed by atoms with Gasteiger partial charge in [-0.05, 0) is 88.0 Å². The van der Waals surface area contributed by atoms with Gasteiger partial charge in [0.25, 0.3) is 5.92 Å². The number of nitriles is 1. The maximum absolute atomic E-state index is 13.8. The van der Waals surface area contributed by atoms with Gasteiger partial charge in [0.05, 0.1) is 29.8 Å². The van der Waals surface area contributed by atoms with E-state index in [4.69, 9.17) is 14.0 Å². The molecule has 2 amide bonds. The van der Waals surface area contributed by atoms with E-state index >= 15 is 0 Å². The Morgan fingerprint density at radius 1 is 1.14 bits per heavy atom. The SMILES string of the molecule is CC(CC(C)(C)N1CCC(F)(F)CC1)C(C#N)C(=O)N1CCC[C@@H]1COC(=O)N[C@@H](Cc1ccccc1)B1O[C@@H]2C[C@@H]3C[C@@H](C3(C)C)[C@]2(C)O1. The smallest absolute Gasteiger partial charge is 0.447 e. The minimum atomic E-state index is -2.64. The standard InChI is InChI=1S/C38H55BF2N4O5/c1-25(22-35(2,3)44-17-14-38(40,41)15-18-44)29(23-42)33(46)45-16-10-13-28(45)24-48-34(47)43-32(19-26-11-8-7-9-12-26)39-49-31-21-27-20-30(36(27,4)5)37(31,6)50-39/h7-9,11-12,25,27-32H,10,13-22,24H2,1-6H3,(H,43,47)/t25?,27-,28+,29?,30-,31+,32-,37-/m0/s1. The molecule has 6 fully saturated rings. The molecule has 1 N–H and O–H groups in total. The number of carbonyl (C=O) groups excluding carboxylic acids is 2. The maximum atomic E-state index is 13.8. The van der Waals surface area contributed by atoms with Crippen molar-refractivity contribution in [3.8, 4) is 6.07 Å². The van der Waals surface area contributed by atoms with Gasteiger partial charge in [-0.2, -0.15) is 5.26 Å². The van der Waals surface area contributed by atoms with Crippen LogP contribution in [0.25, 0.3) is 0 Å². The Bertz CT molecular complexity index is 1430. The fourth-order valence-electron chi connectivity index (χ4n) is 9.90. The first-order valence-electron chi connectivity index (χ1n) is 18.7. The molecule has 9 nitrogen and oxygen atoms in total. The van der Waals surface area contributed by atoms with Gasteiger partial charge in [-0.25, -0.2) is 13.6 Å². The van der Waals surface area contributed by atoms with Crippen LogP contribution in [0.5, 0.6) is 0 Å². The lowest BCUT2D eigenvalue weighted by Crippen LogP contribution is -2.65. The van der Waals surface area contributed by atoms with Gasteiger partial charge in [-0.1, -0.05) is 51.1 Å². The number of hydrogen-bond donors (Lipinski definition) is 1. The number of nitrogens with one attached hydrogen (secondary N) is 1. The second kappa shape index (κ2) is 14.0. The maximum Gasteiger partial charge on any atom is 0.482 e. The normalized spacial score (nSPS) is 31.9. The third-order valence-electron chi connectivity index (χ3n) is 13.1. The van der Waals surface area contributed by atoms with Gasteiger partial charge in [0.15, 0.2) is 0 Å². The summed E-state index contributed by atoms with van der Waals surface area (Å²) >= 11 is 0. The number of hydrogen-bond acceptors (Lipinski definition) is 7. The van der Waals surface area contributed by atoms with Crippen LogP contribution in [0.1, 0.15) is 92.1 Å². The minimum Gasteiger partial charge on any atom is -0.447 e. The summed E-state index contributed by atoms with van der Waals surface area (Å²) < 4.78 is 46.7. The van der Waals surface area contributed by atoms with Crippen LogP contribution in [-0.4, -0.2) is 90.3 Å². The topological polar surface area (TPSA) is 104 Å². The molecular formula is C38H55BF2N4O5. The molecule has 8 atom stereocenters. The molecule has 3 aliphatic heterocycles. The van der Waals surface area contributed by atoms with Crippen molar-refractivity contribution in [3.05, 3.63) is 35.9 Å². The molecule has 0 spiro atoms. The van der Waals surface area contributed by atoms with E-state index in [0.29, 0.717) is 37.6 Å². The summed E-state index contributed by atoms with van der Waals surface area (Å²) in [5, 5.41) is 13.2. The summed E-state index contributed by atoms with van der Waals surface area (Å²) in [7, 11) is -0.624. The number of likely N-dealkylation sites (tertiary alicyclic amines) is 2. The lowest BCUT2D eigenvalue weighted by Gasteiger charge is -2.64. The number of halogens is 2. The first kappa shape index (κ1) is 37.0. The Morgan fingerprint density at radius 2 is 1.84 bits per heavy atom. The van der Waals surface area contributed by atoms with Crippen molar-refractivity contribution < 1.29 is 32.4 Å². The first-order chi connectivity index (χ1) is 23.5. The molecule has 7 rings (SSSR count). The molecule has 3 heterocycles. The average molecular weight is 697 g/mol. The van der Waals surface area contributed by atoms with E-state index < -0.39 is 42.1 Å². The van der Waals surface area contributed by atoms with Crippen LogP contribution in [0.4, 0.5) is 13.6 Å². The molecular weight excluding hydrogens is 641 g/mol. The van der Waals surface area contributed by atoms with Gasteiger partial charge in [0.2, 0.25) is 5.91 Å². The van der Waals surface area contributed by atoms with E-state index in [1.807, 2.05) is 51.1 Å². The summed E-state index contributed by atoms with van der Waals surface area (Å²) in [5.41, 5.74) is 0.383. The van der Waals surface area contributed by atoms with Crippen molar-refractivity contribution in [1.82, 2.24) is 15.1 Å². The highest BCUT2D eigenvalue weighted by molar-refractivity contribution is 6.47. The fraction of sp³-hybridized carbons (Fsp3) is 0.763. The number of ether oxygens (including phenoxy) is 1. The summed E-state index contributed by atoms with van der Waals surface area (Å²) in [6, 6.07) is 11.8. The third-order valence-corrected chi connectivity index (χ3v) is 13.1. The van der Waals surface area contributed by atoms with E-state index in [1.54, 1.807) is 4.90 Å². The Hall–Kier alpha value is -2.75. The second-order valence-electron chi connectivity index (χ2n) is 17.1. The highest BCUT2D eigenvalue weighted by Crippen LogP contribution is 2.65. The number of alkyl halides is 2. The number of alkyl carbamates (subject to hydrolysis) is 1. The van der Waals surface area contributed by atoms with E-state index in [1.165, 1.54) is 0 Å². The molecule has 3 saturated carbocycles. The van der Waals surface area contributed by atoms with Gasteiger partial charge in [-0.15, -0.1) is 0 Å². The zero-order valence-electron chi connectivity index (χ0n) is 30.6. The lowest BCUT2D eigenvalue weighted by molar-refractivity contribution is -0.199. The van der Waals surface area contributed by atoms with Crippen LogP contribution in [-0.2, 0) is 25.3 Å². The van der Waals surface area contributed by atoms with Crippen LogP contribution < -0.4 is 5.32 Å². The number of amides is 2. The van der Waals surface area contributed by atoms with E-state index in [2.05, 4.69) is 37.1 Å². The molecule has 274 valence electrons. The number of piperidine rings is 1. The van der Waals surface area contributed by atoms with Gasteiger partial charge in [-0.3, -0.25) is 9.69 Å². The predicted octanol–water partition coefficient (Wildman–Crippen LogP) is 6.26. The van der Waals surface area contributed by atoms with Crippen molar-refractivity contribution in [2.45, 2.75) is 128 Å². The van der Waals surface area contributed by atoms with E-state index in [-0.39, 0.29) is 61.9 Å². The summed E-state index contributed by atoms with van der Waals surface area (Å²) in [6.07, 6.45) is 3.54. The second-order valence-corrected chi connectivity index (χ2v) is 17.1. The van der Waals surface area contributed by atoms with Crippen molar-refractivity contribution in [2.75, 3.05) is 26.2 Å². The van der Waals surface area contributed by atoms with Crippen molar-refractivity contribution in [3.63, 3.8) is 0 Å². The summed E-state index contributed by atoms with van der Waals surface area (Å²) in [4.78, 5) is 30.9. The zero-order valence-corrected chi connectivity index (χ0v) is 30.6. The number of nitrogens with zero attached hydrogens (tertiary/aromatic N) is 3. The van der Waals surface area contributed by atoms with Crippen LogP contribution in [0, 0.1) is 40.4 Å². The molecule has 0 radical (unpaired) electrons. The lowest BCUT2D eigenvalue weighted by atomic mass is 9.43. The van der Waals surface area contributed by atoms with Gasteiger partial charge in [0, 0.05) is 38.0 Å². The van der Waals surface area contributed by atoms with Gasteiger partial charge < -0.3 is 24.3 Å². The number of benzene rings is 1. The minimum absolute atomic E-state index is 0.0142. The third kappa shape index (κ3) is 7.29. The number of rotatable bonds is 11. The Labute approximate surface area is 296 Å². The monoisotopic (exact) mass is 696 g/mol. The highest BCUT2D eigenvalue weighted by atomic mass is 19.3. The molecule has 3 aliphatic carbocycles. The average Bonchev–Trinajstić information content (AvgIpc) is 3.67.